The van der Waals surface area contributed by atoms with Gasteiger partial charge in [-0.3, -0.25) is 9.48 Å². The van der Waals surface area contributed by atoms with E-state index in [0.717, 1.165) is 63.3 Å². The first kappa shape index (κ1) is 16.0. The van der Waals surface area contributed by atoms with Gasteiger partial charge in [-0.2, -0.15) is 5.10 Å². The summed E-state index contributed by atoms with van der Waals surface area (Å²) >= 11 is 0. The van der Waals surface area contributed by atoms with Crippen LogP contribution in [0.15, 0.2) is 6.07 Å². The quantitative estimate of drug-likeness (QED) is 0.873. The average molecular weight is 292 g/mol. The van der Waals surface area contributed by atoms with E-state index in [-0.39, 0.29) is 5.91 Å². The number of hydrogen-bond acceptors (Lipinski definition) is 3. The van der Waals surface area contributed by atoms with Crippen LogP contribution in [0.1, 0.15) is 56.2 Å². The maximum Gasteiger partial charge on any atom is 0.272 e. The number of nitrogens with zero attached hydrogens (tertiary/aromatic N) is 3. The van der Waals surface area contributed by atoms with Crippen molar-refractivity contribution in [3.8, 4) is 0 Å². The molecule has 5 heteroatoms. The maximum atomic E-state index is 12.7. The van der Waals surface area contributed by atoms with E-state index in [4.69, 9.17) is 0 Å². The molecule has 0 aliphatic carbocycles. The summed E-state index contributed by atoms with van der Waals surface area (Å²) in [4.78, 5) is 14.7. The molecule has 2 rings (SSSR count). The standard InChI is InChI=1S/C16H28N4O/c1-4-9-17-14-7-10-19(11-8-14)16(21)15-12-13(5-2)18-20(15)6-3/h12,14,17H,4-11H2,1-3H3. The van der Waals surface area contributed by atoms with E-state index < -0.39 is 0 Å². The maximum absolute atomic E-state index is 12.7. The van der Waals surface area contributed by atoms with Gasteiger partial charge in [0.1, 0.15) is 5.69 Å². The molecule has 1 N–H and O–H groups in total. The predicted octanol–water partition coefficient (Wildman–Crippen LogP) is 2.07. The van der Waals surface area contributed by atoms with E-state index in [9.17, 15) is 4.79 Å². The van der Waals surface area contributed by atoms with E-state index in [2.05, 4.69) is 24.3 Å². The molecule has 1 fully saturated rings. The number of rotatable bonds is 6. The molecule has 0 unspecified atom stereocenters. The first-order valence-electron chi connectivity index (χ1n) is 8.28. The summed E-state index contributed by atoms with van der Waals surface area (Å²) in [5.41, 5.74) is 1.74. The number of likely N-dealkylation sites (tertiary alicyclic amines) is 1. The molecule has 21 heavy (non-hydrogen) atoms. The smallest absolute Gasteiger partial charge is 0.272 e. The van der Waals surface area contributed by atoms with Crippen molar-refractivity contribution in [1.29, 1.82) is 0 Å². The number of nitrogens with one attached hydrogen (secondary N) is 1. The number of amides is 1. The molecule has 1 amide bonds. The Morgan fingerprint density at radius 1 is 1.33 bits per heavy atom. The van der Waals surface area contributed by atoms with Crippen molar-refractivity contribution in [3.05, 3.63) is 17.5 Å². The van der Waals surface area contributed by atoms with Crippen LogP contribution >= 0.6 is 0 Å². The average Bonchev–Trinajstić information content (AvgIpc) is 2.96. The van der Waals surface area contributed by atoms with Gasteiger partial charge in [-0.15, -0.1) is 0 Å². The zero-order chi connectivity index (χ0) is 15.2. The van der Waals surface area contributed by atoms with Crippen molar-refractivity contribution >= 4 is 5.91 Å². The fraction of sp³-hybridized carbons (Fsp3) is 0.750. The Kier molecular flexibility index (Phi) is 5.79. The summed E-state index contributed by atoms with van der Waals surface area (Å²) in [5.74, 6) is 0.137. The van der Waals surface area contributed by atoms with Crippen LogP contribution in [0.4, 0.5) is 0 Å². The van der Waals surface area contributed by atoms with Crippen LogP contribution in [0.3, 0.4) is 0 Å². The number of piperidine rings is 1. The second-order valence-electron chi connectivity index (χ2n) is 5.71. The Morgan fingerprint density at radius 2 is 2.05 bits per heavy atom. The highest BCUT2D eigenvalue weighted by Crippen LogP contribution is 2.15. The molecule has 1 saturated heterocycles. The van der Waals surface area contributed by atoms with Crippen LogP contribution in [-0.2, 0) is 13.0 Å². The van der Waals surface area contributed by atoms with Gasteiger partial charge < -0.3 is 10.2 Å². The van der Waals surface area contributed by atoms with Crippen molar-refractivity contribution < 1.29 is 4.79 Å². The van der Waals surface area contributed by atoms with Gasteiger partial charge >= 0.3 is 0 Å². The summed E-state index contributed by atoms with van der Waals surface area (Å²) in [5, 5.41) is 8.03. The van der Waals surface area contributed by atoms with Crippen LogP contribution in [0, 0.1) is 0 Å². The third kappa shape index (κ3) is 3.84. The minimum Gasteiger partial charge on any atom is -0.337 e. The molecule has 1 aromatic rings. The molecule has 0 radical (unpaired) electrons. The minimum atomic E-state index is 0.137. The summed E-state index contributed by atoms with van der Waals surface area (Å²) in [6.45, 7) is 9.79. The molecule has 1 aromatic heterocycles. The molecular weight excluding hydrogens is 264 g/mol. The topological polar surface area (TPSA) is 50.2 Å². The first-order valence-corrected chi connectivity index (χ1v) is 8.28. The molecule has 0 spiro atoms. The number of hydrogen-bond donors (Lipinski definition) is 1. The zero-order valence-corrected chi connectivity index (χ0v) is 13.6. The van der Waals surface area contributed by atoms with Crippen LogP contribution < -0.4 is 5.32 Å². The molecule has 1 aliphatic rings. The van der Waals surface area contributed by atoms with E-state index in [1.165, 1.54) is 0 Å². The SMILES string of the molecule is CCCNC1CCN(C(=O)c2cc(CC)nn2CC)CC1. The summed E-state index contributed by atoms with van der Waals surface area (Å²) < 4.78 is 1.84. The van der Waals surface area contributed by atoms with Gasteiger partial charge in [0.25, 0.3) is 5.91 Å². The van der Waals surface area contributed by atoms with Crippen LogP contribution in [0.2, 0.25) is 0 Å². The number of carbonyl (C=O) groups is 1. The van der Waals surface area contributed by atoms with Gasteiger partial charge in [0.2, 0.25) is 0 Å². The minimum absolute atomic E-state index is 0.137. The lowest BCUT2D eigenvalue weighted by atomic mass is 10.0. The first-order chi connectivity index (χ1) is 10.2. The molecule has 0 aromatic carbocycles. The van der Waals surface area contributed by atoms with E-state index in [1.54, 1.807) is 0 Å². The number of aromatic nitrogens is 2. The van der Waals surface area contributed by atoms with Crippen molar-refractivity contribution in [2.75, 3.05) is 19.6 Å². The highest BCUT2D eigenvalue weighted by Gasteiger charge is 2.25. The summed E-state index contributed by atoms with van der Waals surface area (Å²) in [7, 11) is 0. The van der Waals surface area contributed by atoms with E-state index in [1.807, 2.05) is 22.6 Å². The van der Waals surface area contributed by atoms with Gasteiger partial charge in [0, 0.05) is 25.7 Å². The second kappa shape index (κ2) is 7.59. The lowest BCUT2D eigenvalue weighted by molar-refractivity contribution is 0.0693. The number of carbonyl (C=O) groups excluding carboxylic acids is 1. The molecule has 0 atom stereocenters. The van der Waals surface area contributed by atoms with Gasteiger partial charge in [-0.05, 0) is 45.2 Å². The van der Waals surface area contributed by atoms with Crippen molar-refractivity contribution in [1.82, 2.24) is 20.0 Å². The van der Waals surface area contributed by atoms with Crippen LogP contribution in [0.5, 0.6) is 0 Å². The van der Waals surface area contributed by atoms with Crippen molar-refractivity contribution in [3.63, 3.8) is 0 Å². The highest BCUT2D eigenvalue weighted by molar-refractivity contribution is 5.92. The Balaban J connectivity index is 1.97. The largest absolute Gasteiger partial charge is 0.337 e. The van der Waals surface area contributed by atoms with Crippen LogP contribution in [-0.4, -0.2) is 46.3 Å². The molecule has 0 saturated carbocycles. The fourth-order valence-electron chi connectivity index (χ4n) is 2.85. The van der Waals surface area contributed by atoms with Gasteiger partial charge in [-0.1, -0.05) is 13.8 Å². The van der Waals surface area contributed by atoms with Gasteiger partial charge in [-0.25, -0.2) is 0 Å². The Hall–Kier alpha value is -1.36. The van der Waals surface area contributed by atoms with Gasteiger partial charge in [0.05, 0.1) is 5.69 Å². The Bertz CT molecular complexity index is 461. The summed E-state index contributed by atoms with van der Waals surface area (Å²) in [6.07, 6.45) is 4.13. The van der Waals surface area contributed by atoms with E-state index >= 15 is 0 Å². The summed E-state index contributed by atoms with van der Waals surface area (Å²) in [6, 6.07) is 2.52. The Morgan fingerprint density at radius 3 is 2.62 bits per heavy atom. The molecule has 2 heterocycles. The lowest BCUT2D eigenvalue weighted by Crippen LogP contribution is -2.45. The van der Waals surface area contributed by atoms with Crippen molar-refractivity contribution in [2.45, 2.75) is 59.0 Å². The van der Waals surface area contributed by atoms with Crippen molar-refractivity contribution in [2.24, 2.45) is 0 Å². The molecule has 5 nitrogen and oxygen atoms in total. The lowest BCUT2D eigenvalue weighted by Gasteiger charge is -2.32. The van der Waals surface area contributed by atoms with E-state index in [0.29, 0.717) is 6.04 Å². The third-order valence-corrected chi connectivity index (χ3v) is 4.18. The highest BCUT2D eigenvalue weighted by atomic mass is 16.2. The van der Waals surface area contributed by atoms with Gasteiger partial charge in [0.15, 0.2) is 0 Å². The normalized spacial score (nSPS) is 16.4. The second-order valence-corrected chi connectivity index (χ2v) is 5.71. The third-order valence-electron chi connectivity index (χ3n) is 4.18. The predicted molar refractivity (Wildman–Crippen MR) is 84.5 cm³/mol. The fourth-order valence-corrected chi connectivity index (χ4v) is 2.85. The molecule has 118 valence electrons. The Labute approximate surface area is 127 Å². The molecule has 0 bridgehead atoms. The molecular formula is C16H28N4O. The monoisotopic (exact) mass is 292 g/mol. The zero-order valence-electron chi connectivity index (χ0n) is 13.6. The van der Waals surface area contributed by atoms with Crippen LogP contribution in [0.25, 0.3) is 0 Å². The molecule has 1 aliphatic heterocycles. The number of aryl methyl sites for hydroxylation is 2.